The standard InChI is InChI=1S/C24H21NO5/c1-29-18-12-10-16(11-13-18)15-30-21(26)9-4-14-25-23(27)19-7-2-5-17-6-3-8-20(22(17)19)24(25)28/h2-3,5-8,10-13H,4,9,14-15H2,1H3. The SMILES string of the molecule is COc1ccc(COC(=O)CCCN2C(=O)c3cccc4cccc(c34)C2=O)cc1. The van der Waals surface area contributed by atoms with Gasteiger partial charge in [-0.05, 0) is 41.6 Å². The molecule has 30 heavy (non-hydrogen) atoms. The minimum Gasteiger partial charge on any atom is -0.497 e. The minimum atomic E-state index is -0.370. The van der Waals surface area contributed by atoms with E-state index in [0.29, 0.717) is 22.9 Å². The molecule has 1 heterocycles. The van der Waals surface area contributed by atoms with E-state index < -0.39 is 0 Å². The smallest absolute Gasteiger partial charge is 0.306 e. The van der Waals surface area contributed by atoms with Crippen LogP contribution in [0.15, 0.2) is 60.7 Å². The molecule has 152 valence electrons. The van der Waals surface area contributed by atoms with Gasteiger partial charge in [0, 0.05) is 29.5 Å². The Labute approximate surface area is 174 Å². The summed E-state index contributed by atoms with van der Waals surface area (Å²) in [7, 11) is 1.59. The van der Waals surface area contributed by atoms with Gasteiger partial charge in [-0.25, -0.2) is 0 Å². The molecule has 0 radical (unpaired) electrons. The third-order valence-corrected chi connectivity index (χ3v) is 5.18. The molecule has 4 rings (SSSR count). The molecule has 3 aromatic rings. The summed E-state index contributed by atoms with van der Waals surface area (Å²) in [6, 6.07) is 18.1. The van der Waals surface area contributed by atoms with Gasteiger partial charge in [-0.15, -0.1) is 0 Å². The molecule has 0 unspecified atom stereocenters. The van der Waals surface area contributed by atoms with Gasteiger partial charge in [0.2, 0.25) is 0 Å². The van der Waals surface area contributed by atoms with Crippen LogP contribution in [0, 0.1) is 0 Å². The lowest BCUT2D eigenvalue weighted by atomic mass is 9.94. The topological polar surface area (TPSA) is 72.9 Å². The Morgan fingerprint density at radius 1 is 0.900 bits per heavy atom. The van der Waals surface area contributed by atoms with Gasteiger partial charge >= 0.3 is 5.97 Å². The molecule has 1 aliphatic heterocycles. The van der Waals surface area contributed by atoms with Gasteiger partial charge in [-0.1, -0.05) is 36.4 Å². The number of hydrogen-bond acceptors (Lipinski definition) is 5. The maximum absolute atomic E-state index is 12.8. The number of esters is 1. The lowest BCUT2D eigenvalue weighted by Gasteiger charge is -2.27. The van der Waals surface area contributed by atoms with Crippen molar-refractivity contribution in [2.24, 2.45) is 0 Å². The van der Waals surface area contributed by atoms with Gasteiger partial charge in [-0.2, -0.15) is 0 Å². The lowest BCUT2D eigenvalue weighted by Crippen LogP contribution is -2.41. The number of hydrogen-bond donors (Lipinski definition) is 0. The van der Waals surface area contributed by atoms with E-state index in [1.54, 1.807) is 31.4 Å². The van der Waals surface area contributed by atoms with Gasteiger partial charge in [0.05, 0.1) is 7.11 Å². The fourth-order valence-corrected chi connectivity index (χ4v) is 3.62. The Balaban J connectivity index is 1.34. The Hall–Kier alpha value is -3.67. The van der Waals surface area contributed by atoms with Gasteiger partial charge in [0.15, 0.2) is 0 Å². The third-order valence-electron chi connectivity index (χ3n) is 5.18. The minimum absolute atomic E-state index is 0.124. The van der Waals surface area contributed by atoms with E-state index >= 15 is 0 Å². The Bertz CT molecular complexity index is 1070. The van der Waals surface area contributed by atoms with Crippen LogP contribution in [-0.4, -0.2) is 36.3 Å². The van der Waals surface area contributed by atoms with E-state index in [1.807, 2.05) is 36.4 Å². The second-order valence-electron chi connectivity index (χ2n) is 7.08. The van der Waals surface area contributed by atoms with Crippen molar-refractivity contribution in [1.82, 2.24) is 4.90 Å². The highest BCUT2D eigenvalue weighted by molar-refractivity contribution is 6.25. The zero-order chi connectivity index (χ0) is 21.1. The summed E-state index contributed by atoms with van der Waals surface area (Å²) in [4.78, 5) is 38.9. The van der Waals surface area contributed by atoms with E-state index in [-0.39, 0.29) is 37.4 Å². The predicted molar refractivity (Wildman–Crippen MR) is 111 cm³/mol. The van der Waals surface area contributed by atoms with Crippen molar-refractivity contribution in [1.29, 1.82) is 0 Å². The number of methoxy groups -OCH3 is 1. The van der Waals surface area contributed by atoms with Gasteiger partial charge in [0.25, 0.3) is 11.8 Å². The highest BCUT2D eigenvalue weighted by Crippen LogP contribution is 2.30. The first-order valence-corrected chi connectivity index (χ1v) is 9.75. The molecule has 0 bridgehead atoms. The summed E-state index contributed by atoms with van der Waals surface area (Å²) >= 11 is 0. The van der Waals surface area contributed by atoms with E-state index in [9.17, 15) is 14.4 Å². The van der Waals surface area contributed by atoms with Gasteiger partial charge < -0.3 is 9.47 Å². The van der Waals surface area contributed by atoms with Crippen LogP contribution >= 0.6 is 0 Å². The molecule has 0 aliphatic carbocycles. The van der Waals surface area contributed by atoms with Crippen LogP contribution in [0.2, 0.25) is 0 Å². The van der Waals surface area contributed by atoms with Crippen molar-refractivity contribution in [3.8, 4) is 5.75 Å². The summed E-state index contributed by atoms with van der Waals surface area (Å²) in [5.74, 6) is -0.282. The quantitative estimate of drug-likeness (QED) is 0.441. The van der Waals surface area contributed by atoms with Crippen LogP contribution in [0.4, 0.5) is 0 Å². The number of benzene rings is 3. The lowest BCUT2D eigenvalue weighted by molar-refractivity contribution is -0.145. The van der Waals surface area contributed by atoms with E-state index in [4.69, 9.17) is 9.47 Å². The van der Waals surface area contributed by atoms with E-state index in [1.165, 1.54) is 4.90 Å². The molecule has 0 atom stereocenters. The van der Waals surface area contributed by atoms with Crippen molar-refractivity contribution in [3.05, 3.63) is 77.4 Å². The van der Waals surface area contributed by atoms with Crippen LogP contribution in [0.25, 0.3) is 10.8 Å². The number of amides is 2. The van der Waals surface area contributed by atoms with E-state index in [2.05, 4.69) is 0 Å². The van der Waals surface area contributed by atoms with Crippen molar-refractivity contribution >= 4 is 28.6 Å². The summed E-state index contributed by atoms with van der Waals surface area (Å²) in [5, 5.41) is 1.57. The fourth-order valence-electron chi connectivity index (χ4n) is 3.62. The van der Waals surface area contributed by atoms with Crippen molar-refractivity contribution in [2.75, 3.05) is 13.7 Å². The molecule has 3 aromatic carbocycles. The highest BCUT2D eigenvalue weighted by atomic mass is 16.5. The molecule has 0 spiro atoms. The van der Waals surface area contributed by atoms with Crippen molar-refractivity contribution in [3.63, 3.8) is 0 Å². The Morgan fingerprint density at radius 3 is 2.13 bits per heavy atom. The highest BCUT2D eigenvalue weighted by Gasteiger charge is 2.32. The van der Waals surface area contributed by atoms with E-state index in [0.717, 1.165) is 16.7 Å². The summed E-state index contributed by atoms with van der Waals surface area (Å²) in [5.41, 5.74) is 1.89. The molecule has 0 aromatic heterocycles. The number of carbonyl (C=O) groups excluding carboxylic acids is 3. The summed E-state index contributed by atoms with van der Waals surface area (Å²) in [6.45, 7) is 0.333. The molecule has 0 saturated carbocycles. The molecule has 0 N–H and O–H groups in total. The number of ether oxygens (including phenoxy) is 2. The van der Waals surface area contributed by atoms with Crippen LogP contribution in [0.1, 0.15) is 39.1 Å². The number of rotatable bonds is 7. The zero-order valence-electron chi connectivity index (χ0n) is 16.6. The van der Waals surface area contributed by atoms with Crippen molar-refractivity contribution in [2.45, 2.75) is 19.4 Å². The molecular formula is C24H21NO5. The summed E-state index contributed by atoms with van der Waals surface area (Å²) in [6.07, 6.45) is 0.468. The van der Waals surface area contributed by atoms with Gasteiger partial charge in [-0.3, -0.25) is 19.3 Å². The zero-order valence-corrected chi connectivity index (χ0v) is 16.6. The predicted octanol–water partition coefficient (Wildman–Crippen LogP) is 3.97. The molecule has 1 aliphatic rings. The molecule has 6 heteroatoms. The molecule has 2 amide bonds. The Morgan fingerprint density at radius 2 is 1.53 bits per heavy atom. The summed E-state index contributed by atoms with van der Waals surface area (Å²) < 4.78 is 10.4. The first kappa shape index (κ1) is 19.6. The number of nitrogens with zero attached hydrogens (tertiary/aromatic N) is 1. The molecular weight excluding hydrogens is 382 g/mol. The largest absolute Gasteiger partial charge is 0.497 e. The maximum Gasteiger partial charge on any atom is 0.306 e. The average molecular weight is 403 g/mol. The van der Waals surface area contributed by atoms with Crippen molar-refractivity contribution < 1.29 is 23.9 Å². The van der Waals surface area contributed by atoms with Gasteiger partial charge in [0.1, 0.15) is 12.4 Å². The number of carbonyl (C=O) groups is 3. The normalized spacial score (nSPS) is 12.9. The third kappa shape index (κ3) is 3.76. The molecule has 0 saturated heterocycles. The average Bonchev–Trinajstić information content (AvgIpc) is 2.78. The van der Waals surface area contributed by atoms with Crippen LogP contribution < -0.4 is 4.74 Å². The van der Waals surface area contributed by atoms with Crippen LogP contribution in [0.5, 0.6) is 5.75 Å². The molecule has 6 nitrogen and oxygen atoms in total. The first-order valence-electron chi connectivity index (χ1n) is 9.75. The fraction of sp³-hybridized carbons (Fsp3) is 0.208. The first-order chi connectivity index (χ1) is 14.6. The second-order valence-corrected chi connectivity index (χ2v) is 7.08. The number of imide groups is 1. The maximum atomic E-state index is 12.8. The second kappa shape index (κ2) is 8.37. The molecule has 0 fully saturated rings. The Kier molecular flexibility index (Phi) is 5.48. The monoisotopic (exact) mass is 403 g/mol. The van der Waals surface area contributed by atoms with Crippen LogP contribution in [0.3, 0.4) is 0 Å². The van der Waals surface area contributed by atoms with Crippen LogP contribution in [-0.2, 0) is 16.1 Å².